The molecule has 0 radical (unpaired) electrons. The van der Waals surface area contributed by atoms with Crippen LogP contribution in [-0.2, 0) is 13.0 Å². The van der Waals surface area contributed by atoms with Crippen molar-refractivity contribution in [2.45, 2.75) is 13.0 Å². The molecule has 0 aliphatic carbocycles. The van der Waals surface area contributed by atoms with Gasteiger partial charge in [-0.05, 0) is 47.9 Å². The van der Waals surface area contributed by atoms with Crippen LogP contribution >= 0.6 is 0 Å². The van der Waals surface area contributed by atoms with Crippen LogP contribution in [0.15, 0.2) is 53.7 Å². The minimum Gasteiger partial charge on any atom is -0.378 e. The van der Waals surface area contributed by atoms with Gasteiger partial charge in [0.05, 0.1) is 0 Å². The van der Waals surface area contributed by atoms with Crippen LogP contribution in [0.1, 0.15) is 11.1 Å². The summed E-state index contributed by atoms with van der Waals surface area (Å²) in [5.41, 5.74) is 4.40. The van der Waals surface area contributed by atoms with E-state index in [1.54, 1.807) is 19.2 Å². The van der Waals surface area contributed by atoms with Crippen LogP contribution in [0.3, 0.4) is 0 Å². The Bertz CT molecular complexity index is 929. The predicted molar refractivity (Wildman–Crippen MR) is 111 cm³/mol. The first kappa shape index (κ1) is 18.8. The number of hydrogen-bond acceptors (Lipinski definition) is 2. The highest BCUT2D eigenvalue weighted by Gasteiger charge is 2.06. The minimum atomic E-state index is -0.214. The maximum atomic E-state index is 13.5. The van der Waals surface area contributed by atoms with E-state index in [1.807, 2.05) is 20.3 Å². The van der Waals surface area contributed by atoms with E-state index in [0.29, 0.717) is 13.1 Å². The first-order chi connectivity index (χ1) is 13.1. The van der Waals surface area contributed by atoms with E-state index in [9.17, 15) is 4.39 Å². The summed E-state index contributed by atoms with van der Waals surface area (Å²) in [4.78, 5) is 9.54. The molecule has 5 nitrogen and oxygen atoms in total. The Labute approximate surface area is 159 Å². The average Bonchev–Trinajstić information content (AvgIpc) is 3.06. The lowest BCUT2D eigenvalue weighted by molar-refractivity contribution is 0.629. The summed E-state index contributed by atoms with van der Waals surface area (Å²) in [5, 5.41) is 7.58. The summed E-state index contributed by atoms with van der Waals surface area (Å²) >= 11 is 0. The number of hydrogen-bond donors (Lipinski definition) is 3. The van der Waals surface area contributed by atoms with E-state index in [1.165, 1.54) is 17.3 Å². The third-order valence-electron chi connectivity index (χ3n) is 4.53. The lowest BCUT2D eigenvalue weighted by Gasteiger charge is -2.15. The molecule has 0 fully saturated rings. The fourth-order valence-electron chi connectivity index (χ4n) is 3.02. The van der Waals surface area contributed by atoms with Crippen molar-refractivity contribution in [2.75, 3.05) is 32.6 Å². The molecule has 0 saturated heterocycles. The molecule has 27 heavy (non-hydrogen) atoms. The van der Waals surface area contributed by atoms with Gasteiger partial charge in [-0.2, -0.15) is 0 Å². The van der Waals surface area contributed by atoms with E-state index in [4.69, 9.17) is 0 Å². The molecule has 0 unspecified atom stereocenters. The molecule has 3 N–H and O–H groups in total. The SMILES string of the molecule is CN=C(NCCc1c[nH]c2ccc(F)cc12)NCc1cccc(N(C)C)c1. The Morgan fingerprint density at radius 1 is 1.15 bits per heavy atom. The van der Waals surface area contributed by atoms with Crippen molar-refractivity contribution >= 4 is 22.5 Å². The van der Waals surface area contributed by atoms with E-state index >= 15 is 0 Å². The van der Waals surface area contributed by atoms with Crippen LogP contribution in [0.5, 0.6) is 0 Å². The van der Waals surface area contributed by atoms with Gasteiger partial charge in [-0.1, -0.05) is 12.1 Å². The number of guanidine groups is 1. The second kappa shape index (κ2) is 8.58. The van der Waals surface area contributed by atoms with Gasteiger partial charge in [0, 0.05) is 57.0 Å². The van der Waals surface area contributed by atoms with Gasteiger partial charge in [0.15, 0.2) is 5.96 Å². The second-order valence-electron chi connectivity index (χ2n) is 6.67. The first-order valence-corrected chi connectivity index (χ1v) is 9.03. The number of nitrogens with zero attached hydrogens (tertiary/aromatic N) is 2. The number of rotatable bonds is 6. The number of benzene rings is 2. The van der Waals surface area contributed by atoms with E-state index in [2.05, 4.69) is 49.8 Å². The minimum absolute atomic E-state index is 0.214. The largest absolute Gasteiger partial charge is 0.378 e. The fraction of sp³-hybridized carbons (Fsp3) is 0.286. The number of nitrogens with one attached hydrogen (secondary N) is 3. The Hall–Kier alpha value is -3.02. The number of fused-ring (bicyclic) bond motifs is 1. The van der Waals surface area contributed by atoms with Crippen molar-refractivity contribution in [3.63, 3.8) is 0 Å². The number of aromatic amines is 1. The van der Waals surface area contributed by atoms with Gasteiger partial charge in [0.1, 0.15) is 5.82 Å². The standard InChI is InChI=1S/C21H26FN5/c1-23-21(26-13-15-5-4-6-18(11-15)27(2)3)24-10-9-16-14-25-20-8-7-17(22)12-19(16)20/h4-8,11-12,14,25H,9-10,13H2,1-3H3,(H2,23,24,26). The highest BCUT2D eigenvalue weighted by atomic mass is 19.1. The van der Waals surface area contributed by atoms with E-state index in [-0.39, 0.29) is 5.82 Å². The number of halogens is 1. The van der Waals surface area contributed by atoms with Gasteiger partial charge in [0.25, 0.3) is 0 Å². The van der Waals surface area contributed by atoms with Gasteiger partial charge in [-0.3, -0.25) is 4.99 Å². The zero-order valence-electron chi connectivity index (χ0n) is 16.0. The van der Waals surface area contributed by atoms with E-state index < -0.39 is 0 Å². The summed E-state index contributed by atoms with van der Waals surface area (Å²) in [6.45, 7) is 1.40. The average molecular weight is 367 g/mol. The summed E-state index contributed by atoms with van der Waals surface area (Å²) < 4.78 is 13.5. The zero-order chi connectivity index (χ0) is 19.2. The highest BCUT2D eigenvalue weighted by Crippen LogP contribution is 2.19. The Kier molecular flexibility index (Phi) is 5.96. The molecule has 3 rings (SSSR count). The topological polar surface area (TPSA) is 55.5 Å². The Morgan fingerprint density at radius 2 is 2.00 bits per heavy atom. The van der Waals surface area contributed by atoms with Crippen LogP contribution in [-0.4, -0.2) is 38.6 Å². The van der Waals surface area contributed by atoms with Crippen LogP contribution in [0.2, 0.25) is 0 Å². The second-order valence-corrected chi connectivity index (χ2v) is 6.67. The zero-order valence-corrected chi connectivity index (χ0v) is 16.0. The molecular weight excluding hydrogens is 341 g/mol. The molecule has 6 heteroatoms. The van der Waals surface area contributed by atoms with Crippen molar-refractivity contribution in [2.24, 2.45) is 4.99 Å². The highest BCUT2D eigenvalue weighted by molar-refractivity contribution is 5.83. The molecule has 0 atom stereocenters. The molecular formula is C21H26FN5. The number of aliphatic imine (C=N–C) groups is 1. The molecule has 3 aromatic rings. The Morgan fingerprint density at radius 3 is 2.78 bits per heavy atom. The van der Waals surface area contributed by atoms with Crippen LogP contribution in [0.4, 0.5) is 10.1 Å². The lowest BCUT2D eigenvalue weighted by Crippen LogP contribution is -2.37. The Balaban J connectivity index is 1.53. The molecule has 142 valence electrons. The third kappa shape index (κ3) is 4.78. The molecule has 0 saturated carbocycles. The van der Waals surface area contributed by atoms with E-state index in [0.717, 1.165) is 28.8 Å². The smallest absolute Gasteiger partial charge is 0.191 e. The fourth-order valence-corrected chi connectivity index (χ4v) is 3.02. The molecule has 0 aliphatic heterocycles. The molecule has 2 aromatic carbocycles. The van der Waals surface area contributed by atoms with Crippen molar-refractivity contribution in [1.29, 1.82) is 0 Å². The van der Waals surface area contributed by atoms with Crippen LogP contribution in [0.25, 0.3) is 10.9 Å². The normalized spacial score (nSPS) is 11.6. The summed E-state index contributed by atoms with van der Waals surface area (Å²) in [5.74, 6) is 0.532. The summed E-state index contributed by atoms with van der Waals surface area (Å²) in [6, 6.07) is 13.2. The maximum absolute atomic E-state index is 13.5. The number of anilines is 1. The number of aromatic nitrogens is 1. The summed E-state index contributed by atoms with van der Waals surface area (Å²) in [6.07, 6.45) is 2.72. The monoisotopic (exact) mass is 367 g/mol. The van der Waals surface area contributed by atoms with Crippen molar-refractivity contribution in [1.82, 2.24) is 15.6 Å². The quantitative estimate of drug-likeness (QED) is 0.463. The van der Waals surface area contributed by atoms with Crippen LogP contribution in [0, 0.1) is 5.82 Å². The molecule has 1 heterocycles. The summed E-state index contributed by atoms with van der Waals surface area (Å²) in [7, 11) is 5.82. The molecule has 0 bridgehead atoms. The first-order valence-electron chi connectivity index (χ1n) is 9.03. The van der Waals surface area contributed by atoms with Crippen LogP contribution < -0.4 is 15.5 Å². The van der Waals surface area contributed by atoms with Crippen molar-refractivity contribution in [3.8, 4) is 0 Å². The molecule has 1 aromatic heterocycles. The van der Waals surface area contributed by atoms with Crippen molar-refractivity contribution in [3.05, 3.63) is 65.6 Å². The molecule has 0 amide bonds. The maximum Gasteiger partial charge on any atom is 0.191 e. The van der Waals surface area contributed by atoms with Gasteiger partial charge >= 0.3 is 0 Å². The van der Waals surface area contributed by atoms with Gasteiger partial charge in [-0.15, -0.1) is 0 Å². The molecule has 0 aliphatic rings. The van der Waals surface area contributed by atoms with Gasteiger partial charge in [0.2, 0.25) is 0 Å². The lowest BCUT2D eigenvalue weighted by atomic mass is 10.1. The molecule has 0 spiro atoms. The number of H-pyrrole nitrogens is 1. The van der Waals surface area contributed by atoms with Crippen molar-refractivity contribution < 1.29 is 4.39 Å². The predicted octanol–water partition coefficient (Wildman–Crippen LogP) is 3.28. The van der Waals surface area contributed by atoms with Gasteiger partial charge < -0.3 is 20.5 Å². The van der Waals surface area contributed by atoms with Gasteiger partial charge in [-0.25, -0.2) is 4.39 Å². The third-order valence-corrected chi connectivity index (χ3v) is 4.53.